The van der Waals surface area contributed by atoms with Crippen molar-refractivity contribution < 1.29 is 19.1 Å². The van der Waals surface area contributed by atoms with Crippen molar-refractivity contribution in [1.29, 1.82) is 0 Å². The van der Waals surface area contributed by atoms with Gasteiger partial charge in [0.05, 0.1) is 17.9 Å². The molecule has 4 aliphatic heterocycles. The van der Waals surface area contributed by atoms with Crippen LogP contribution in [0.5, 0.6) is 0 Å². The van der Waals surface area contributed by atoms with Crippen LogP contribution in [-0.4, -0.2) is 77.5 Å². The molecule has 2 N–H and O–H groups in total. The Bertz CT molecular complexity index is 1100. The third kappa shape index (κ3) is 4.71. The molecule has 1 saturated carbocycles. The minimum atomic E-state index is -1.11. The van der Waals surface area contributed by atoms with Crippen molar-refractivity contribution >= 4 is 39.3 Å². The molecular formula is C29H37BrN4O4. The Morgan fingerprint density at radius 3 is 2.42 bits per heavy atom. The molecule has 1 aromatic carbocycles. The second-order valence-corrected chi connectivity index (χ2v) is 12.4. The van der Waals surface area contributed by atoms with Gasteiger partial charge in [0.25, 0.3) is 0 Å². The van der Waals surface area contributed by atoms with E-state index >= 15 is 0 Å². The Kier molecular flexibility index (Phi) is 7.35. The van der Waals surface area contributed by atoms with E-state index in [0.717, 1.165) is 62.6 Å². The minimum Gasteiger partial charge on any atom is -0.359 e. The van der Waals surface area contributed by atoms with Crippen LogP contribution in [0.15, 0.2) is 40.9 Å². The van der Waals surface area contributed by atoms with E-state index in [2.05, 4.69) is 31.5 Å². The van der Waals surface area contributed by atoms with Crippen molar-refractivity contribution in [3.05, 3.63) is 40.9 Å². The molecule has 5 atom stereocenters. The summed E-state index contributed by atoms with van der Waals surface area (Å²) in [5.74, 6) is -1.93. The van der Waals surface area contributed by atoms with E-state index in [1.165, 1.54) is 12.8 Å². The first-order valence-electron chi connectivity index (χ1n) is 14.2. The summed E-state index contributed by atoms with van der Waals surface area (Å²) in [5.41, 5.74) is -0.442. The van der Waals surface area contributed by atoms with E-state index in [9.17, 15) is 14.4 Å². The summed E-state index contributed by atoms with van der Waals surface area (Å²) in [5, 5.41) is 6.24. The number of likely N-dealkylation sites (tertiary alicyclic amines) is 2. The van der Waals surface area contributed by atoms with Crippen LogP contribution in [0.1, 0.15) is 51.4 Å². The highest BCUT2D eigenvalue weighted by Crippen LogP contribution is 2.55. The number of carbonyl (C=O) groups is 3. The van der Waals surface area contributed by atoms with Crippen molar-refractivity contribution in [3.63, 3.8) is 0 Å². The van der Waals surface area contributed by atoms with Gasteiger partial charge in [-0.2, -0.15) is 0 Å². The fourth-order valence-corrected chi connectivity index (χ4v) is 7.49. The van der Waals surface area contributed by atoms with Gasteiger partial charge in [-0.1, -0.05) is 53.8 Å². The van der Waals surface area contributed by atoms with Crippen LogP contribution in [0.25, 0.3) is 0 Å². The number of hydrogen-bond donors (Lipinski definition) is 2. The molecule has 3 amide bonds. The third-order valence-electron chi connectivity index (χ3n) is 9.09. The van der Waals surface area contributed by atoms with Gasteiger partial charge in [0.1, 0.15) is 11.6 Å². The Balaban J connectivity index is 1.26. The van der Waals surface area contributed by atoms with Gasteiger partial charge < -0.3 is 25.2 Å². The maximum atomic E-state index is 14.1. The quantitative estimate of drug-likeness (QED) is 0.479. The van der Waals surface area contributed by atoms with Gasteiger partial charge in [-0.25, -0.2) is 0 Å². The predicted octanol–water partition coefficient (Wildman–Crippen LogP) is 3.47. The van der Waals surface area contributed by atoms with Crippen molar-refractivity contribution in [2.45, 2.75) is 75.2 Å². The summed E-state index contributed by atoms with van der Waals surface area (Å²) in [6.07, 6.45) is 12.2. The number of amides is 3. The first-order valence-corrected chi connectivity index (χ1v) is 15.0. The SMILES string of the molecule is O=C(Nc1ccc(Br)cc1)C1C2C=CC3(O2)C1C(=O)N(CCN1CCCCC1)C3C(=O)NC1CCCCC1. The average molecular weight is 586 g/mol. The molecule has 1 aliphatic carbocycles. The summed E-state index contributed by atoms with van der Waals surface area (Å²) in [6.45, 7) is 3.23. The molecule has 1 aromatic rings. The highest BCUT2D eigenvalue weighted by Gasteiger charge is 2.72. The smallest absolute Gasteiger partial charge is 0.246 e. The lowest BCUT2D eigenvalue weighted by molar-refractivity contribution is -0.141. The molecule has 2 bridgehead atoms. The van der Waals surface area contributed by atoms with Crippen LogP contribution >= 0.6 is 15.9 Å². The number of halogens is 1. The number of nitrogens with one attached hydrogen (secondary N) is 2. The molecule has 4 heterocycles. The highest BCUT2D eigenvalue weighted by molar-refractivity contribution is 9.10. The first-order chi connectivity index (χ1) is 18.5. The summed E-state index contributed by atoms with van der Waals surface area (Å²) in [6, 6.07) is 6.74. The van der Waals surface area contributed by atoms with Crippen LogP contribution in [0.3, 0.4) is 0 Å². The second kappa shape index (κ2) is 10.7. The molecule has 5 aliphatic rings. The Labute approximate surface area is 232 Å². The monoisotopic (exact) mass is 584 g/mol. The van der Waals surface area contributed by atoms with Crippen LogP contribution in [-0.2, 0) is 19.1 Å². The van der Waals surface area contributed by atoms with E-state index in [0.29, 0.717) is 12.2 Å². The zero-order valence-electron chi connectivity index (χ0n) is 21.7. The van der Waals surface area contributed by atoms with E-state index in [-0.39, 0.29) is 23.8 Å². The van der Waals surface area contributed by atoms with Crippen molar-refractivity contribution in [2.24, 2.45) is 11.8 Å². The number of rotatable bonds is 7. The number of ether oxygens (including phenoxy) is 1. The molecule has 9 heteroatoms. The fraction of sp³-hybridized carbons (Fsp3) is 0.621. The van der Waals surface area contributed by atoms with Crippen LogP contribution < -0.4 is 10.6 Å². The molecular weight excluding hydrogens is 548 g/mol. The largest absolute Gasteiger partial charge is 0.359 e. The zero-order valence-corrected chi connectivity index (χ0v) is 23.3. The topological polar surface area (TPSA) is 91.0 Å². The number of anilines is 1. The van der Waals surface area contributed by atoms with Crippen molar-refractivity contribution in [3.8, 4) is 0 Å². The second-order valence-electron chi connectivity index (χ2n) is 11.5. The lowest BCUT2D eigenvalue weighted by Crippen LogP contribution is -2.57. The summed E-state index contributed by atoms with van der Waals surface area (Å²) < 4.78 is 7.39. The maximum absolute atomic E-state index is 14.1. The lowest BCUT2D eigenvalue weighted by Gasteiger charge is -2.35. The Hall–Kier alpha value is -2.23. The van der Waals surface area contributed by atoms with Gasteiger partial charge in [-0.05, 0) is 63.0 Å². The number of carbonyl (C=O) groups excluding carboxylic acids is 3. The van der Waals surface area contributed by atoms with Gasteiger partial charge in [0.2, 0.25) is 17.7 Å². The lowest BCUT2D eigenvalue weighted by atomic mass is 9.74. The molecule has 38 heavy (non-hydrogen) atoms. The molecule has 1 spiro atoms. The van der Waals surface area contributed by atoms with Gasteiger partial charge >= 0.3 is 0 Å². The van der Waals surface area contributed by atoms with Crippen LogP contribution in [0.4, 0.5) is 5.69 Å². The number of benzene rings is 1. The van der Waals surface area contributed by atoms with Crippen molar-refractivity contribution in [1.82, 2.24) is 15.1 Å². The minimum absolute atomic E-state index is 0.129. The maximum Gasteiger partial charge on any atom is 0.246 e. The number of fused-ring (bicyclic) bond motifs is 1. The molecule has 8 nitrogen and oxygen atoms in total. The molecule has 204 valence electrons. The van der Waals surface area contributed by atoms with Crippen LogP contribution in [0, 0.1) is 11.8 Å². The van der Waals surface area contributed by atoms with Gasteiger partial charge in [-0.3, -0.25) is 14.4 Å². The number of hydrogen-bond acceptors (Lipinski definition) is 5. The fourth-order valence-electron chi connectivity index (χ4n) is 7.23. The molecule has 4 fully saturated rings. The first kappa shape index (κ1) is 26.0. The zero-order chi connectivity index (χ0) is 26.3. The molecule has 0 radical (unpaired) electrons. The molecule has 0 aromatic heterocycles. The van der Waals surface area contributed by atoms with E-state index < -0.39 is 29.6 Å². The molecule has 3 saturated heterocycles. The van der Waals surface area contributed by atoms with Gasteiger partial charge in [0, 0.05) is 29.3 Å². The highest BCUT2D eigenvalue weighted by atomic mass is 79.9. The predicted molar refractivity (Wildman–Crippen MR) is 147 cm³/mol. The summed E-state index contributed by atoms with van der Waals surface area (Å²) in [4.78, 5) is 45.7. The third-order valence-corrected chi connectivity index (χ3v) is 9.62. The Morgan fingerprint density at radius 2 is 1.68 bits per heavy atom. The van der Waals surface area contributed by atoms with Crippen LogP contribution in [0.2, 0.25) is 0 Å². The van der Waals surface area contributed by atoms with Gasteiger partial charge in [0.15, 0.2) is 0 Å². The summed E-state index contributed by atoms with van der Waals surface area (Å²) >= 11 is 3.42. The van der Waals surface area contributed by atoms with E-state index in [1.54, 1.807) is 4.90 Å². The standard InChI is InChI=1S/C29H37BrN4O4/c30-19-9-11-21(12-10-19)31-26(35)23-22-13-14-29(38-22)24(23)28(37)34(18-17-33-15-5-2-6-16-33)25(29)27(36)32-20-7-3-1-4-8-20/h9-14,20,22-25H,1-8,15-18H2,(H,31,35)(H,32,36). The molecule has 5 unspecified atom stereocenters. The number of piperidine rings is 1. The normalized spacial score (nSPS) is 33.0. The van der Waals surface area contributed by atoms with Gasteiger partial charge in [-0.15, -0.1) is 0 Å². The number of nitrogens with zero attached hydrogens (tertiary/aromatic N) is 2. The molecule has 6 rings (SSSR count). The summed E-state index contributed by atoms with van der Waals surface area (Å²) in [7, 11) is 0. The van der Waals surface area contributed by atoms with E-state index in [4.69, 9.17) is 4.74 Å². The average Bonchev–Trinajstić information content (AvgIpc) is 3.57. The van der Waals surface area contributed by atoms with E-state index in [1.807, 2.05) is 36.4 Å². The van der Waals surface area contributed by atoms with Crippen molar-refractivity contribution in [2.75, 3.05) is 31.5 Å². The Morgan fingerprint density at radius 1 is 0.974 bits per heavy atom.